The maximum Gasteiger partial charge on any atom is 0.262 e. The molecule has 1 aliphatic rings. The number of benzene rings is 2. The third-order valence-corrected chi connectivity index (χ3v) is 4.37. The molecule has 1 unspecified atom stereocenters. The molecule has 0 saturated heterocycles. The van der Waals surface area contributed by atoms with Gasteiger partial charge in [0, 0.05) is 5.69 Å². The summed E-state index contributed by atoms with van der Waals surface area (Å²) in [5.41, 5.74) is 1.95. The van der Waals surface area contributed by atoms with E-state index in [-0.39, 0.29) is 23.3 Å². The molecule has 0 aliphatic carbocycles. The fraction of sp³-hybridized carbons (Fsp3) is 0.190. The van der Waals surface area contributed by atoms with Gasteiger partial charge in [0.1, 0.15) is 17.3 Å². The maximum atomic E-state index is 13.0. The predicted molar refractivity (Wildman–Crippen MR) is 101 cm³/mol. The Morgan fingerprint density at radius 1 is 0.962 bits per heavy atom. The first kappa shape index (κ1) is 17.6. The lowest BCUT2D eigenvalue weighted by atomic mass is 9.97. The van der Waals surface area contributed by atoms with Gasteiger partial charge >= 0.3 is 0 Å². The smallest absolute Gasteiger partial charge is 0.262 e. The fourth-order valence-corrected chi connectivity index (χ4v) is 2.96. The Morgan fingerprint density at radius 3 is 2.00 bits per heavy atom. The highest BCUT2D eigenvalue weighted by Crippen LogP contribution is 2.35. The highest BCUT2D eigenvalue weighted by molar-refractivity contribution is 6.09. The van der Waals surface area contributed by atoms with Crippen molar-refractivity contribution in [2.75, 3.05) is 19.1 Å². The first-order chi connectivity index (χ1) is 12.5. The molecular formula is C21H21NO4. The van der Waals surface area contributed by atoms with E-state index in [0.29, 0.717) is 5.75 Å². The first-order valence-corrected chi connectivity index (χ1v) is 8.24. The quantitative estimate of drug-likeness (QED) is 0.663. The molecule has 0 aromatic heterocycles. The van der Waals surface area contributed by atoms with Crippen molar-refractivity contribution in [3.8, 4) is 11.5 Å². The largest absolute Gasteiger partial charge is 0.512 e. The number of aliphatic hydroxyl groups is 1. The molecule has 0 fully saturated rings. The Labute approximate surface area is 152 Å². The van der Waals surface area contributed by atoms with Crippen molar-refractivity contribution < 1.29 is 19.4 Å². The van der Waals surface area contributed by atoms with E-state index in [1.807, 2.05) is 42.5 Å². The zero-order valence-electron chi connectivity index (χ0n) is 15.0. The highest BCUT2D eigenvalue weighted by atomic mass is 16.5. The second-order valence-electron chi connectivity index (χ2n) is 5.95. The number of anilines is 1. The van der Waals surface area contributed by atoms with Crippen molar-refractivity contribution in [3.63, 3.8) is 0 Å². The molecule has 3 rings (SSSR count). The summed E-state index contributed by atoms with van der Waals surface area (Å²) in [6.45, 7) is 1.51. The van der Waals surface area contributed by atoms with Crippen LogP contribution in [0.3, 0.4) is 0 Å². The van der Waals surface area contributed by atoms with Crippen LogP contribution in [0.5, 0.6) is 11.5 Å². The van der Waals surface area contributed by atoms with E-state index in [0.717, 1.165) is 17.0 Å². The van der Waals surface area contributed by atoms with Crippen LogP contribution in [0, 0.1) is 0 Å². The summed E-state index contributed by atoms with van der Waals surface area (Å²) < 4.78 is 10.4. The van der Waals surface area contributed by atoms with Crippen molar-refractivity contribution in [1.82, 2.24) is 0 Å². The van der Waals surface area contributed by atoms with Crippen molar-refractivity contribution in [2.24, 2.45) is 0 Å². The predicted octanol–water partition coefficient (Wildman–Crippen LogP) is 4.18. The van der Waals surface area contributed by atoms with Crippen molar-refractivity contribution in [3.05, 3.63) is 77.6 Å². The molecule has 0 bridgehead atoms. The Hall–Kier alpha value is -3.21. The van der Waals surface area contributed by atoms with E-state index in [1.54, 1.807) is 37.3 Å². The molecule has 0 spiro atoms. The van der Waals surface area contributed by atoms with Gasteiger partial charge in [0.25, 0.3) is 5.91 Å². The maximum absolute atomic E-state index is 13.0. The molecule has 134 valence electrons. The molecular weight excluding hydrogens is 330 g/mol. The summed E-state index contributed by atoms with van der Waals surface area (Å²) in [6.07, 6.45) is 3.58. The van der Waals surface area contributed by atoms with Crippen LogP contribution in [0.25, 0.3) is 0 Å². The van der Waals surface area contributed by atoms with Gasteiger partial charge in [-0.25, -0.2) is 0 Å². The average Bonchev–Trinajstić information content (AvgIpc) is 2.67. The topological polar surface area (TPSA) is 59.0 Å². The normalized spacial score (nSPS) is 18.7. The van der Waals surface area contributed by atoms with Crippen LogP contribution >= 0.6 is 0 Å². The summed E-state index contributed by atoms with van der Waals surface area (Å²) in [6, 6.07) is 14.6. The molecule has 5 heteroatoms. The van der Waals surface area contributed by atoms with Gasteiger partial charge in [-0.05, 0) is 55.0 Å². The molecule has 0 radical (unpaired) electrons. The van der Waals surface area contributed by atoms with Gasteiger partial charge in [0.05, 0.1) is 25.8 Å². The number of amides is 1. The highest BCUT2D eigenvalue weighted by Gasteiger charge is 2.31. The van der Waals surface area contributed by atoms with Gasteiger partial charge in [0.15, 0.2) is 0 Å². The second-order valence-corrected chi connectivity index (χ2v) is 5.95. The monoisotopic (exact) mass is 351 g/mol. The van der Waals surface area contributed by atoms with E-state index < -0.39 is 0 Å². The molecule has 0 saturated carbocycles. The molecule has 5 nitrogen and oxygen atoms in total. The number of methoxy groups -OCH3 is 2. The van der Waals surface area contributed by atoms with Crippen molar-refractivity contribution in [1.29, 1.82) is 0 Å². The van der Waals surface area contributed by atoms with E-state index in [1.165, 1.54) is 6.92 Å². The number of hydrogen-bond donors (Lipinski definition) is 1. The lowest BCUT2D eigenvalue weighted by Crippen LogP contribution is -2.37. The molecule has 1 aliphatic heterocycles. The number of allylic oxidation sites excluding steroid dienone is 1. The number of rotatable bonds is 4. The number of nitrogens with zero attached hydrogens (tertiary/aromatic N) is 1. The summed E-state index contributed by atoms with van der Waals surface area (Å²) in [5.74, 6) is 1.21. The third-order valence-electron chi connectivity index (χ3n) is 4.37. The number of hydrogen-bond acceptors (Lipinski definition) is 4. The summed E-state index contributed by atoms with van der Waals surface area (Å²) in [4.78, 5) is 14.7. The van der Waals surface area contributed by atoms with Gasteiger partial charge in [-0.2, -0.15) is 0 Å². The Kier molecular flexibility index (Phi) is 4.98. The van der Waals surface area contributed by atoms with Gasteiger partial charge in [-0.3, -0.25) is 9.69 Å². The van der Waals surface area contributed by atoms with Crippen LogP contribution in [-0.4, -0.2) is 25.2 Å². The van der Waals surface area contributed by atoms with Crippen LogP contribution in [0.15, 0.2) is 72.0 Å². The van der Waals surface area contributed by atoms with Gasteiger partial charge in [-0.15, -0.1) is 0 Å². The molecule has 1 N–H and O–H groups in total. The van der Waals surface area contributed by atoms with Crippen LogP contribution in [0.1, 0.15) is 18.5 Å². The van der Waals surface area contributed by atoms with Crippen molar-refractivity contribution >= 4 is 11.6 Å². The lowest BCUT2D eigenvalue weighted by Gasteiger charge is -2.34. The van der Waals surface area contributed by atoms with Crippen molar-refractivity contribution in [2.45, 2.75) is 13.0 Å². The number of ether oxygens (including phenoxy) is 2. The van der Waals surface area contributed by atoms with Crippen LogP contribution in [0.2, 0.25) is 0 Å². The number of carbonyl (C=O) groups is 1. The molecule has 1 atom stereocenters. The third kappa shape index (κ3) is 3.28. The van der Waals surface area contributed by atoms with Crippen LogP contribution in [0.4, 0.5) is 5.69 Å². The summed E-state index contributed by atoms with van der Waals surface area (Å²) in [7, 11) is 3.21. The first-order valence-electron chi connectivity index (χ1n) is 8.24. The average molecular weight is 351 g/mol. The minimum absolute atomic E-state index is 0.00191. The lowest BCUT2D eigenvalue weighted by molar-refractivity contribution is -0.115. The fourth-order valence-electron chi connectivity index (χ4n) is 2.96. The standard InChI is InChI=1S/C21H21NO4/c1-14(23)19-12-13-20(15-4-8-17(25-2)9-5-15)22(21(19)24)16-6-10-18(26-3)11-7-16/h4-13,20,23H,1-3H3/b19-14-. The molecule has 2 aromatic rings. The van der Waals surface area contributed by atoms with E-state index >= 15 is 0 Å². The Balaban J connectivity index is 2.07. The second kappa shape index (κ2) is 7.35. The minimum atomic E-state index is -0.287. The van der Waals surface area contributed by atoms with E-state index in [9.17, 15) is 9.90 Å². The zero-order chi connectivity index (χ0) is 18.7. The molecule has 2 aromatic carbocycles. The zero-order valence-corrected chi connectivity index (χ0v) is 15.0. The molecule has 1 amide bonds. The molecule has 26 heavy (non-hydrogen) atoms. The summed E-state index contributed by atoms with van der Waals surface area (Å²) >= 11 is 0. The Bertz CT molecular complexity index is 847. The van der Waals surface area contributed by atoms with Crippen LogP contribution in [-0.2, 0) is 4.79 Å². The summed E-state index contributed by atoms with van der Waals surface area (Å²) in [5, 5.41) is 9.86. The number of aliphatic hydroxyl groups excluding tert-OH is 1. The van der Waals surface area contributed by atoms with E-state index in [4.69, 9.17) is 9.47 Å². The van der Waals surface area contributed by atoms with Gasteiger partial charge in [-0.1, -0.05) is 18.2 Å². The van der Waals surface area contributed by atoms with E-state index in [2.05, 4.69) is 0 Å². The minimum Gasteiger partial charge on any atom is -0.512 e. The molecule has 1 heterocycles. The Morgan fingerprint density at radius 2 is 1.50 bits per heavy atom. The van der Waals surface area contributed by atoms with Gasteiger partial charge in [0.2, 0.25) is 0 Å². The number of carbonyl (C=O) groups excluding carboxylic acids is 1. The van der Waals surface area contributed by atoms with Gasteiger partial charge < -0.3 is 14.6 Å². The van der Waals surface area contributed by atoms with Crippen LogP contribution < -0.4 is 14.4 Å². The SMILES string of the molecule is COc1ccc(C2C=C/C(=C(\C)O)C(=O)N2c2ccc(OC)cc2)cc1.